The van der Waals surface area contributed by atoms with E-state index in [9.17, 15) is 0 Å². The van der Waals surface area contributed by atoms with Crippen molar-refractivity contribution in [2.75, 3.05) is 0 Å². The van der Waals surface area contributed by atoms with Gasteiger partial charge in [0.1, 0.15) is 0 Å². The molecule has 0 spiro atoms. The molecule has 23 heavy (non-hydrogen) atoms. The Morgan fingerprint density at radius 2 is 1.17 bits per heavy atom. The van der Waals surface area contributed by atoms with Crippen molar-refractivity contribution >= 4 is 37.1 Å². The van der Waals surface area contributed by atoms with Crippen molar-refractivity contribution in [1.29, 1.82) is 0 Å². The summed E-state index contributed by atoms with van der Waals surface area (Å²) in [6.45, 7) is 1.29. The first-order valence-corrected chi connectivity index (χ1v) is 11.0. The zero-order valence-corrected chi connectivity index (χ0v) is 19.2. The van der Waals surface area contributed by atoms with Crippen molar-refractivity contribution in [3.05, 3.63) is 61.2 Å². The van der Waals surface area contributed by atoms with E-state index in [0.29, 0.717) is 0 Å². The minimum absolute atomic E-state index is 0. The molecule has 6 nitrogen and oxygen atoms in total. The van der Waals surface area contributed by atoms with Crippen LogP contribution in [0.1, 0.15) is 12.5 Å². The maximum Gasteiger partial charge on any atom is 0.319 e. The molecule has 0 bridgehead atoms. The molecule has 0 saturated carbocycles. The smallest absolute Gasteiger partial charge is 0.319 e. The average Bonchev–Trinajstić information content (AvgIpc) is 2.27. The fourth-order valence-electron chi connectivity index (χ4n) is 0.781. The van der Waals surface area contributed by atoms with E-state index in [-0.39, 0.29) is 19.5 Å². The van der Waals surface area contributed by atoms with Crippen molar-refractivity contribution < 1.29 is 48.8 Å². The van der Waals surface area contributed by atoms with Gasteiger partial charge in [0.15, 0.2) is 0 Å². The largest absolute Gasteiger partial charge is 0.325 e. The molecule has 0 fully saturated rings. The Morgan fingerprint density at radius 1 is 0.913 bits per heavy atom. The van der Waals surface area contributed by atoms with Crippen LogP contribution in [-0.4, -0.2) is 29.4 Å². The first-order valence-electron chi connectivity index (χ1n) is 5.63. The summed E-state index contributed by atoms with van der Waals surface area (Å²) in [5.41, 5.74) is 1.33. The molecule has 6 N–H and O–H groups in total. The predicted molar refractivity (Wildman–Crippen MR) is 98.1 cm³/mol. The molecule has 0 aliphatic carbocycles. The number of allylic oxidation sites excluding steroid dienone is 2. The van der Waals surface area contributed by atoms with E-state index in [1.54, 1.807) is 6.08 Å². The number of hydrogen-bond donors (Lipinski definition) is 6. The summed E-state index contributed by atoms with van der Waals surface area (Å²) in [6, 6.07) is 10.3. The second kappa shape index (κ2) is 18.7. The Hall–Kier alpha value is 0.383. The van der Waals surface area contributed by atoms with Crippen molar-refractivity contribution in [3.8, 4) is 0 Å². The van der Waals surface area contributed by atoms with Crippen molar-refractivity contribution in [2.45, 2.75) is 13.3 Å². The summed E-state index contributed by atoms with van der Waals surface area (Å²) in [6.07, 6.45) is 4.64. The Morgan fingerprint density at radius 3 is 1.39 bits per heavy atom. The third-order valence-electron chi connectivity index (χ3n) is 1.22. The molecular formula is C12H22O6P2S2Zn. The molecule has 130 valence electrons. The van der Waals surface area contributed by atoms with Crippen LogP contribution < -0.4 is 0 Å². The van der Waals surface area contributed by atoms with Gasteiger partial charge in [-0.2, -0.15) is 0 Å². The molecule has 0 saturated heterocycles. The van der Waals surface area contributed by atoms with Gasteiger partial charge in [-0.15, -0.1) is 13.2 Å². The summed E-state index contributed by atoms with van der Waals surface area (Å²) in [4.78, 5) is 45.3. The van der Waals surface area contributed by atoms with Gasteiger partial charge < -0.3 is 29.4 Å². The van der Waals surface area contributed by atoms with E-state index in [1.807, 2.05) is 31.2 Å². The van der Waals surface area contributed by atoms with Gasteiger partial charge in [-0.05, 0) is 42.5 Å². The van der Waals surface area contributed by atoms with E-state index in [1.165, 1.54) is 5.56 Å². The van der Waals surface area contributed by atoms with Crippen LogP contribution in [-0.2, 0) is 49.5 Å². The van der Waals surface area contributed by atoms with E-state index in [2.05, 4.69) is 48.9 Å². The molecule has 1 aromatic carbocycles. The molecule has 0 aliphatic rings. The third-order valence-corrected chi connectivity index (χ3v) is 1.22. The van der Waals surface area contributed by atoms with E-state index < -0.39 is 13.4 Å². The molecule has 0 radical (unpaired) electrons. The topological polar surface area (TPSA) is 121 Å². The summed E-state index contributed by atoms with van der Waals surface area (Å²) in [5.74, 6) is 0. The summed E-state index contributed by atoms with van der Waals surface area (Å²) >= 11 is 7.21. The molecular weight excluding hydrogens is 432 g/mol. The van der Waals surface area contributed by atoms with E-state index >= 15 is 0 Å². The maximum atomic E-state index is 7.56. The fourth-order valence-corrected chi connectivity index (χ4v) is 0.781. The maximum absolute atomic E-state index is 7.56. The summed E-state index contributed by atoms with van der Waals surface area (Å²) < 4.78 is 0. The number of rotatable bonds is 2. The van der Waals surface area contributed by atoms with Gasteiger partial charge in [0, 0.05) is 19.5 Å². The van der Waals surface area contributed by atoms with Crippen LogP contribution >= 0.6 is 13.4 Å². The van der Waals surface area contributed by atoms with Gasteiger partial charge in [0.05, 0.1) is 0 Å². The van der Waals surface area contributed by atoms with E-state index in [0.717, 1.165) is 6.42 Å². The molecule has 0 unspecified atom stereocenters. The van der Waals surface area contributed by atoms with Crippen molar-refractivity contribution in [3.63, 3.8) is 0 Å². The first-order chi connectivity index (χ1) is 9.85. The SMILES string of the molecule is C=CC.C=CCc1ccccc1.OP(O)(O)=S.OP(O)(O)=S.[Zn]. The van der Waals surface area contributed by atoms with Crippen LogP contribution in [0.4, 0.5) is 0 Å². The Kier molecular flexibility index (Phi) is 25.4. The predicted octanol–water partition coefficient (Wildman–Crippen LogP) is 1.98. The van der Waals surface area contributed by atoms with E-state index in [4.69, 9.17) is 29.4 Å². The zero-order valence-electron chi connectivity index (χ0n) is 12.8. The van der Waals surface area contributed by atoms with Crippen LogP contribution in [0.3, 0.4) is 0 Å². The second-order valence-electron chi connectivity index (χ2n) is 3.41. The van der Waals surface area contributed by atoms with Crippen molar-refractivity contribution in [2.24, 2.45) is 0 Å². The van der Waals surface area contributed by atoms with Gasteiger partial charge in [0.2, 0.25) is 0 Å². The standard InChI is InChI=1S/C9H10.C3H6.2H3O3PS.Zn/c1-2-6-9-7-4-3-5-8-9;1-3-2;2*1-4(2,3)5;/h2-5,7-8H,1,6H2;3H,1H2,2H3;2*(H3,1,2,3,5);. The molecule has 0 amide bonds. The molecule has 1 aromatic rings. The van der Waals surface area contributed by atoms with Crippen LogP contribution in [0.25, 0.3) is 0 Å². The van der Waals surface area contributed by atoms with Crippen LogP contribution in [0, 0.1) is 0 Å². The monoisotopic (exact) mass is 452 g/mol. The van der Waals surface area contributed by atoms with Gasteiger partial charge >= 0.3 is 13.4 Å². The number of hydrogen-bond acceptors (Lipinski definition) is 2. The molecule has 0 heterocycles. The Bertz CT molecular complexity index is 453. The fraction of sp³-hybridized carbons (Fsp3) is 0.167. The van der Waals surface area contributed by atoms with Gasteiger partial charge in [-0.25, -0.2) is 0 Å². The normalized spacial score (nSPS) is 9.17. The second-order valence-corrected chi connectivity index (χ2v) is 8.41. The molecule has 11 heteroatoms. The Balaban J connectivity index is -0.000000113. The number of benzene rings is 1. The molecule has 0 aliphatic heterocycles. The molecule has 1 rings (SSSR count). The minimum Gasteiger partial charge on any atom is -0.325 e. The average molecular weight is 454 g/mol. The molecule has 0 atom stereocenters. The summed E-state index contributed by atoms with van der Waals surface area (Å²) in [5, 5.41) is 0. The van der Waals surface area contributed by atoms with Gasteiger partial charge in [-0.1, -0.05) is 42.5 Å². The minimum atomic E-state index is -3.81. The first kappa shape index (κ1) is 31.2. The van der Waals surface area contributed by atoms with Crippen molar-refractivity contribution in [1.82, 2.24) is 0 Å². The van der Waals surface area contributed by atoms with Crippen LogP contribution in [0.5, 0.6) is 0 Å². The third kappa shape index (κ3) is 71.8. The molecule has 0 aromatic heterocycles. The quantitative estimate of drug-likeness (QED) is 0.228. The van der Waals surface area contributed by atoms with Crippen LogP contribution in [0.15, 0.2) is 55.6 Å². The summed E-state index contributed by atoms with van der Waals surface area (Å²) in [7, 11) is 0. The zero-order chi connectivity index (χ0) is 18.2. The van der Waals surface area contributed by atoms with Gasteiger partial charge in [0.25, 0.3) is 0 Å². The van der Waals surface area contributed by atoms with Crippen LogP contribution in [0.2, 0.25) is 0 Å². The van der Waals surface area contributed by atoms with Gasteiger partial charge in [-0.3, -0.25) is 0 Å². The Labute approximate surface area is 160 Å².